The van der Waals surface area contributed by atoms with E-state index in [0.29, 0.717) is 19.6 Å². The third kappa shape index (κ3) is 6.25. The molecule has 0 heterocycles. The van der Waals surface area contributed by atoms with Crippen molar-refractivity contribution in [2.24, 2.45) is 5.84 Å². The number of nitrogens with one attached hydrogen (secondary N) is 1. The first-order valence-corrected chi connectivity index (χ1v) is 3.80. The SMILES string of the molecule is CC(C)(CCO)OCCNN. The zero-order valence-electron chi connectivity index (χ0n) is 7.26. The Hall–Kier alpha value is -0.160. The van der Waals surface area contributed by atoms with Gasteiger partial charge in [0.15, 0.2) is 0 Å². The van der Waals surface area contributed by atoms with E-state index in [4.69, 9.17) is 15.7 Å². The van der Waals surface area contributed by atoms with Crippen molar-refractivity contribution in [1.82, 2.24) is 5.43 Å². The Bertz CT molecular complexity index is 96.4. The summed E-state index contributed by atoms with van der Waals surface area (Å²) in [5, 5.41) is 8.64. The van der Waals surface area contributed by atoms with Crippen LogP contribution in [0.1, 0.15) is 20.3 Å². The molecule has 11 heavy (non-hydrogen) atoms. The van der Waals surface area contributed by atoms with Gasteiger partial charge in [-0.25, -0.2) is 0 Å². The van der Waals surface area contributed by atoms with Gasteiger partial charge < -0.3 is 9.84 Å². The van der Waals surface area contributed by atoms with Crippen LogP contribution in [-0.2, 0) is 4.74 Å². The lowest BCUT2D eigenvalue weighted by Gasteiger charge is -2.24. The highest BCUT2D eigenvalue weighted by atomic mass is 16.5. The monoisotopic (exact) mass is 162 g/mol. The number of aliphatic hydroxyl groups excluding tert-OH is 1. The first-order chi connectivity index (χ1) is 5.12. The van der Waals surface area contributed by atoms with Crippen LogP contribution in [0.2, 0.25) is 0 Å². The second kappa shape index (κ2) is 5.49. The molecule has 0 unspecified atom stereocenters. The average Bonchev–Trinajstić information content (AvgIpc) is 1.87. The van der Waals surface area contributed by atoms with Crippen LogP contribution in [0.25, 0.3) is 0 Å². The zero-order chi connectivity index (χ0) is 8.74. The normalized spacial score (nSPS) is 12.0. The lowest BCUT2D eigenvalue weighted by Crippen LogP contribution is -2.32. The third-order valence-electron chi connectivity index (χ3n) is 1.45. The third-order valence-corrected chi connectivity index (χ3v) is 1.45. The largest absolute Gasteiger partial charge is 0.396 e. The molecule has 0 aliphatic carbocycles. The van der Waals surface area contributed by atoms with Crippen LogP contribution < -0.4 is 11.3 Å². The van der Waals surface area contributed by atoms with Gasteiger partial charge in [0.05, 0.1) is 12.2 Å². The minimum absolute atomic E-state index is 0.156. The summed E-state index contributed by atoms with van der Waals surface area (Å²) >= 11 is 0. The van der Waals surface area contributed by atoms with Crippen LogP contribution >= 0.6 is 0 Å². The summed E-state index contributed by atoms with van der Waals surface area (Å²) in [5.41, 5.74) is 2.25. The lowest BCUT2D eigenvalue weighted by atomic mass is 10.1. The van der Waals surface area contributed by atoms with E-state index in [1.807, 2.05) is 13.8 Å². The number of rotatable bonds is 6. The van der Waals surface area contributed by atoms with Gasteiger partial charge >= 0.3 is 0 Å². The fourth-order valence-electron chi connectivity index (χ4n) is 0.728. The molecule has 0 amide bonds. The van der Waals surface area contributed by atoms with Crippen molar-refractivity contribution in [3.8, 4) is 0 Å². The first-order valence-electron chi connectivity index (χ1n) is 3.80. The molecule has 0 aliphatic rings. The van der Waals surface area contributed by atoms with Crippen molar-refractivity contribution in [2.45, 2.75) is 25.9 Å². The highest BCUT2D eigenvalue weighted by Crippen LogP contribution is 2.12. The van der Waals surface area contributed by atoms with Gasteiger partial charge in [0.2, 0.25) is 0 Å². The molecule has 0 bridgehead atoms. The molecule has 68 valence electrons. The topological polar surface area (TPSA) is 67.5 Å². The molecular weight excluding hydrogens is 144 g/mol. The van der Waals surface area contributed by atoms with Gasteiger partial charge in [0, 0.05) is 13.2 Å². The van der Waals surface area contributed by atoms with Crippen LogP contribution in [0.3, 0.4) is 0 Å². The van der Waals surface area contributed by atoms with Crippen molar-refractivity contribution < 1.29 is 9.84 Å². The van der Waals surface area contributed by atoms with Gasteiger partial charge in [0.1, 0.15) is 0 Å². The predicted molar refractivity (Wildman–Crippen MR) is 43.9 cm³/mol. The van der Waals surface area contributed by atoms with Crippen LogP contribution in [0, 0.1) is 0 Å². The Morgan fingerprint density at radius 3 is 2.64 bits per heavy atom. The van der Waals surface area contributed by atoms with Crippen molar-refractivity contribution >= 4 is 0 Å². The summed E-state index contributed by atoms with van der Waals surface area (Å²) in [6.07, 6.45) is 0.650. The molecule has 0 fully saturated rings. The van der Waals surface area contributed by atoms with Gasteiger partial charge in [-0.05, 0) is 20.3 Å². The zero-order valence-corrected chi connectivity index (χ0v) is 7.26. The number of aliphatic hydroxyl groups is 1. The molecule has 0 aromatic heterocycles. The van der Waals surface area contributed by atoms with E-state index >= 15 is 0 Å². The van der Waals surface area contributed by atoms with Gasteiger partial charge in [-0.1, -0.05) is 0 Å². The maximum absolute atomic E-state index is 8.64. The summed E-state index contributed by atoms with van der Waals surface area (Å²) in [7, 11) is 0. The molecule has 0 radical (unpaired) electrons. The van der Waals surface area contributed by atoms with Gasteiger partial charge in [-0.15, -0.1) is 0 Å². The fourth-order valence-corrected chi connectivity index (χ4v) is 0.728. The van der Waals surface area contributed by atoms with E-state index in [1.165, 1.54) is 0 Å². The maximum Gasteiger partial charge on any atom is 0.0649 e. The number of hydrogen-bond acceptors (Lipinski definition) is 4. The van der Waals surface area contributed by atoms with Crippen molar-refractivity contribution in [3.63, 3.8) is 0 Å². The summed E-state index contributed by atoms with van der Waals surface area (Å²) in [6, 6.07) is 0. The Morgan fingerprint density at radius 1 is 1.55 bits per heavy atom. The molecule has 0 saturated carbocycles. The molecule has 0 aromatic rings. The Morgan fingerprint density at radius 2 is 2.18 bits per heavy atom. The molecule has 0 atom stereocenters. The molecule has 0 aromatic carbocycles. The highest BCUT2D eigenvalue weighted by Gasteiger charge is 2.16. The van der Waals surface area contributed by atoms with Crippen molar-refractivity contribution in [2.75, 3.05) is 19.8 Å². The molecule has 0 aliphatic heterocycles. The summed E-state index contributed by atoms with van der Waals surface area (Å²) < 4.78 is 5.41. The van der Waals surface area contributed by atoms with Crippen LogP contribution in [0.15, 0.2) is 0 Å². The van der Waals surface area contributed by atoms with E-state index in [2.05, 4.69) is 5.43 Å². The number of hydrogen-bond donors (Lipinski definition) is 3. The van der Waals surface area contributed by atoms with Crippen molar-refractivity contribution in [1.29, 1.82) is 0 Å². The number of nitrogens with two attached hydrogens (primary N) is 1. The second-order valence-corrected chi connectivity index (χ2v) is 3.04. The minimum atomic E-state index is -0.244. The van der Waals surface area contributed by atoms with Gasteiger partial charge in [0.25, 0.3) is 0 Å². The number of ether oxygens (including phenoxy) is 1. The predicted octanol–water partition coefficient (Wildman–Crippen LogP) is -0.373. The molecule has 0 spiro atoms. The quantitative estimate of drug-likeness (QED) is 0.283. The Kier molecular flexibility index (Phi) is 5.41. The molecule has 4 heteroatoms. The van der Waals surface area contributed by atoms with Crippen LogP contribution in [0.4, 0.5) is 0 Å². The lowest BCUT2D eigenvalue weighted by molar-refractivity contribution is -0.0307. The first kappa shape index (κ1) is 10.8. The van der Waals surface area contributed by atoms with Gasteiger partial charge in [-0.2, -0.15) is 0 Å². The maximum atomic E-state index is 8.64. The summed E-state index contributed by atoms with van der Waals surface area (Å²) in [5.74, 6) is 5.05. The summed E-state index contributed by atoms with van der Waals surface area (Å²) in [4.78, 5) is 0. The molecule has 4 nitrogen and oxygen atoms in total. The van der Waals surface area contributed by atoms with E-state index in [9.17, 15) is 0 Å². The minimum Gasteiger partial charge on any atom is -0.396 e. The Labute approximate surface area is 67.7 Å². The van der Waals surface area contributed by atoms with E-state index in [0.717, 1.165) is 0 Å². The van der Waals surface area contributed by atoms with Crippen molar-refractivity contribution in [3.05, 3.63) is 0 Å². The smallest absolute Gasteiger partial charge is 0.0649 e. The average molecular weight is 162 g/mol. The van der Waals surface area contributed by atoms with E-state index in [-0.39, 0.29) is 12.2 Å². The van der Waals surface area contributed by atoms with Crippen LogP contribution in [0.5, 0.6) is 0 Å². The number of hydrazine groups is 1. The van der Waals surface area contributed by atoms with Crippen LogP contribution in [-0.4, -0.2) is 30.5 Å². The Balaban J connectivity index is 3.38. The standard InChI is InChI=1S/C7H18N2O2/c1-7(2,3-5-10)11-6-4-9-8/h9-10H,3-6,8H2,1-2H3. The van der Waals surface area contributed by atoms with E-state index < -0.39 is 0 Å². The molecule has 0 saturated heterocycles. The fraction of sp³-hybridized carbons (Fsp3) is 1.00. The van der Waals surface area contributed by atoms with Gasteiger partial charge in [-0.3, -0.25) is 11.3 Å². The highest BCUT2D eigenvalue weighted by molar-refractivity contribution is 4.67. The molecule has 0 rings (SSSR count). The summed E-state index contributed by atoms with van der Waals surface area (Å²) in [6.45, 7) is 5.25. The molecular formula is C7H18N2O2. The molecule has 4 N–H and O–H groups in total. The second-order valence-electron chi connectivity index (χ2n) is 3.04. The van der Waals surface area contributed by atoms with E-state index in [1.54, 1.807) is 0 Å².